The molecule has 2 heterocycles. The Labute approximate surface area is 97.5 Å². The van der Waals surface area contributed by atoms with Crippen LogP contribution in [0.2, 0.25) is 0 Å². The highest BCUT2D eigenvalue weighted by Crippen LogP contribution is 2.29. The number of rotatable bonds is 3. The summed E-state index contributed by atoms with van der Waals surface area (Å²) >= 11 is 0. The molecule has 0 amide bonds. The van der Waals surface area contributed by atoms with Crippen LogP contribution in [0.25, 0.3) is 0 Å². The molecule has 3 rings (SSSR count). The first-order valence-electron chi connectivity index (χ1n) is 6.69. The minimum Gasteiger partial charge on any atom is -0.354 e. The van der Waals surface area contributed by atoms with E-state index in [0.717, 1.165) is 25.0 Å². The SMILES string of the molecule is C1CNC(N(CC2CCNCC2)C2CC2)=N1. The number of nitrogens with zero attached hydrogens (tertiary/aromatic N) is 2. The molecule has 1 aliphatic carbocycles. The predicted octanol–water partition coefficient (Wildman–Crippen LogP) is 0.410. The molecule has 0 aromatic heterocycles. The summed E-state index contributed by atoms with van der Waals surface area (Å²) < 4.78 is 0. The summed E-state index contributed by atoms with van der Waals surface area (Å²) in [7, 11) is 0. The van der Waals surface area contributed by atoms with Gasteiger partial charge in [0.2, 0.25) is 0 Å². The molecule has 0 aromatic rings. The lowest BCUT2D eigenvalue weighted by atomic mass is 9.97. The van der Waals surface area contributed by atoms with Gasteiger partial charge in [-0.05, 0) is 44.7 Å². The first-order valence-corrected chi connectivity index (χ1v) is 6.69. The maximum Gasteiger partial charge on any atom is 0.194 e. The molecule has 0 aromatic carbocycles. The Balaban J connectivity index is 1.59. The van der Waals surface area contributed by atoms with Crippen LogP contribution in [0.15, 0.2) is 4.99 Å². The summed E-state index contributed by atoms with van der Waals surface area (Å²) in [5.74, 6) is 2.05. The molecule has 4 nitrogen and oxygen atoms in total. The van der Waals surface area contributed by atoms with Crippen LogP contribution in [0.4, 0.5) is 0 Å². The van der Waals surface area contributed by atoms with Gasteiger partial charge in [-0.3, -0.25) is 4.99 Å². The quantitative estimate of drug-likeness (QED) is 0.726. The first-order chi connectivity index (χ1) is 7.93. The molecule has 0 bridgehead atoms. The predicted molar refractivity (Wildman–Crippen MR) is 65.6 cm³/mol. The first kappa shape index (κ1) is 10.4. The molecule has 0 spiro atoms. The largest absolute Gasteiger partial charge is 0.354 e. The summed E-state index contributed by atoms with van der Waals surface area (Å²) in [4.78, 5) is 7.12. The Bertz CT molecular complexity index is 266. The molecule has 1 saturated carbocycles. The van der Waals surface area contributed by atoms with E-state index in [2.05, 4.69) is 20.5 Å². The van der Waals surface area contributed by atoms with Crippen LogP contribution < -0.4 is 10.6 Å². The van der Waals surface area contributed by atoms with Crippen LogP contribution in [0.5, 0.6) is 0 Å². The Hall–Kier alpha value is -0.770. The van der Waals surface area contributed by atoms with Gasteiger partial charge in [-0.1, -0.05) is 0 Å². The topological polar surface area (TPSA) is 39.7 Å². The van der Waals surface area contributed by atoms with Crippen molar-refractivity contribution in [1.29, 1.82) is 0 Å². The van der Waals surface area contributed by atoms with Crippen LogP contribution in [0.3, 0.4) is 0 Å². The minimum absolute atomic E-state index is 0.791. The standard InChI is InChI=1S/C12H22N4/c1-2-11(1)16(12-14-7-8-15-12)9-10-3-5-13-6-4-10/h10-11,13H,1-9H2,(H,14,15). The van der Waals surface area contributed by atoms with Crippen LogP contribution >= 0.6 is 0 Å². The highest BCUT2D eigenvalue weighted by molar-refractivity contribution is 5.82. The second kappa shape index (κ2) is 4.62. The van der Waals surface area contributed by atoms with Gasteiger partial charge in [0.1, 0.15) is 0 Å². The maximum absolute atomic E-state index is 4.58. The number of piperidine rings is 1. The van der Waals surface area contributed by atoms with Gasteiger partial charge < -0.3 is 15.5 Å². The number of nitrogens with one attached hydrogen (secondary N) is 2. The van der Waals surface area contributed by atoms with Crippen molar-refractivity contribution in [1.82, 2.24) is 15.5 Å². The van der Waals surface area contributed by atoms with E-state index in [4.69, 9.17) is 0 Å². The molecule has 2 aliphatic heterocycles. The Morgan fingerprint density at radius 3 is 2.56 bits per heavy atom. The number of guanidine groups is 1. The van der Waals surface area contributed by atoms with Crippen molar-refractivity contribution in [2.75, 3.05) is 32.7 Å². The van der Waals surface area contributed by atoms with E-state index < -0.39 is 0 Å². The van der Waals surface area contributed by atoms with Crippen LogP contribution in [0, 0.1) is 5.92 Å². The number of hydrogen-bond acceptors (Lipinski definition) is 4. The summed E-state index contributed by atoms with van der Waals surface area (Å²) in [6.45, 7) is 5.61. The van der Waals surface area contributed by atoms with Gasteiger partial charge in [-0.25, -0.2) is 0 Å². The van der Waals surface area contributed by atoms with E-state index in [1.807, 2.05) is 0 Å². The normalized spacial score (nSPS) is 26.4. The van der Waals surface area contributed by atoms with E-state index in [-0.39, 0.29) is 0 Å². The van der Waals surface area contributed by atoms with Crippen LogP contribution in [-0.4, -0.2) is 49.6 Å². The zero-order chi connectivity index (χ0) is 10.8. The Morgan fingerprint density at radius 1 is 1.12 bits per heavy atom. The minimum atomic E-state index is 0.791. The molecule has 3 aliphatic rings. The third-order valence-electron chi connectivity index (χ3n) is 3.83. The molecule has 0 unspecified atom stereocenters. The highest BCUT2D eigenvalue weighted by Gasteiger charge is 2.33. The van der Waals surface area contributed by atoms with E-state index in [1.54, 1.807) is 0 Å². The third-order valence-corrected chi connectivity index (χ3v) is 3.83. The summed E-state index contributed by atoms with van der Waals surface area (Å²) in [6, 6.07) is 0.791. The van der Waals surface area contributed by atoms with Crippen molar-refractivity contribution >= 4 is 5.96 Å². The van der Waals surface area contributed by atoms with Crippen LogP contribution in [0.1, 0.15) is 25.7 Å². The second-order valence-corrected chi connectivity index (χ2v) is 5.21. The van der Waals surface area contributed by atoms with E-state index >= 15 is 0 Å². The van der Waals surface area contributed by atoms with Crippen molar-refractivity contribution < 1.29 is 0 Å². The van der Waals surface area contributed by atoms with E-state index in [9.17, 15) is 0 Å². The average molecular weight is 222 g/mol. The maximum atomic E-state index is 4.58. The van der Waals surface area contributed by atoms with Crippen molar-refractivity contribution in [2.45, 2.75) is 31.7 Å². The Kier molecular flexibility index (Phi) is 3.00. The monoisotopic (exact) mass is 222 g/mol. The van der Waals surface area contributed by atoms with Gasteiger partial charge in [0, 0.05) is 19.1 Å². The molecule has 90 valence electrons. The molecule has 16 heavy (non-hydrogen) atoms. The highest BCUT2D eigenvalue weighted by atomic mass is 15.3. The molecule has 0 atom stereocenters. The lowest BCUT2D eigenvalue weighted by Crippen LogP contribution is -2.44. The lowest BCUT2D eigenvalue weighted by Gasteiger charge is -2.31. The number of aliphatic imine (C=N–C) groups is 1. The zero-order valence-electron chi connectivity index (χ0n) is 9.91. The molecule has 2 N–H and O–H groups in total. The van der Waals surface area contributed by atoms with Gasteiger partial charge >= 0.3 is 0 Å². The third kappa shape index (κ3) is 2.32. The van der Waals surface area contributed by atoms with Crippen molar-refractivity contribution in [3.63, 3.8) is 0 Å². The molecule has 2 fully saturated rings. The molecule has 4 heteroatoms. The van der Waals surface area contributed by atoms with E-state index in [0.29, 0.717) is 0 Å². The van der Waals surface area contributed by atoms with Gasteiger partial charge in [-0.2, -0.15) is 0 Å². The summed E-state index contributed by atoms with van der Waals surface area (Å²) in [6.07, 6.45) is 5.39. The zero-order valence-corrected chi connectivity index (χ0v) is 9.91. The summed E-state index contributed by atoms with van der Waals surface area (Å²) in [5.41, 5.74) is 0. The second-order valence-electron chi connectivity index (χ2n) is 5.21. The van der Waals surface area contributed by atoms with Crippen molar-refractivity contribution in [2.24, 2.45) is 10.9 Å². The molecule has 0 radical (unpaired) electrons. The van der Waals surface area contributed by atoms with Gasteiger partial charge in [-0.15, -0.1) is 0 Å². The lowest BCUT2D eigenvalue weighted by molar-refractivity contribution is 0.273. The van der Waals surface area contributed by atoms with Gasteiger partial charge in [0.05, 0.1) is 6.54 Å². The fraction of sp³-hybridized carbons (Fsp3) is 0.917. The van der Waals surface area contributed by atoms with Gasteiger partial charge in [0.25, 0.3) is 0 Å². The molecule has 1 saturated heterocycles. The average Bonchev–Trinajstić information content (AvgIpc) is 3.02. The molecular formula is C12H22N4. The molecular weight excluding hydrogens is 200 g/mol. The van der Waals surface area contributed by atoms with Crippen LogP contribution in [-0.2, 0) is 0 Å². The summed E-state index contributed by atoms with van der Waals surface area (Å²) in [5, 5.41) is 6.87. The van der Waals surface area contributed by atoms with Crippen molar-refractivity contribution in [3.8, 4) is 0 Å². The van der Waals surface area contributed by atoms with Crippen molar-refractivity contribution in [3.05, 3.63) is 0 Å². The smallest absolute Gasteiger partial charge is 0.194 e. The van der Waals surface area contributed by atoms with Gasteiger partial charge in [0.15, 0.2) is 5.96 Å². The number of hydrogen-bond donors (Lipinski definition) is 2. The van der Waals surface area contributed by atoms with E-state index in [1.165, 1.54) is 51.3 Å². The fourth-order valence-electron chi connectivity index (χ4n) is 2.71. The Morgan fingerprint density at radius 2 is 1.94 bits per heavy atom. The fourth-order valence-corrected chi connectivity index (χ4v) is 2.71.